The molecular weight excluding hydrogens is 266 g/mol. The lowest BCUT2D eigenvalue weighted by atomic mass is 9.85. The average Bonchev–Trinajstić information content (AvgIpc) is 2.46. The Morgan fingerprint density at radius 2 is 1.81 bits per heavy atom. The summed E-state index contributed by atoms with van der Waals surface area (Å²) in [6.45, 7) is 0.658. The first-order chi connectivity index (χ1) is 10.3. The Hall–Kier alpha value is -2.50. The van der Waals surface area contributed by atoms with Crippen LogP contribution in [0.5, 0.6) is 0 Å². The molecule has 2 N–H and O–H groups in total. The number of carbonyl (C=O) groups excluding carboxylic acids is 1. The number of hydrogen-bond acceptors (Lipinski definition) is 5. The molecule has 1 aliphatic rings. The van der Waals surface area contributed by atoms with Crippen LogP contribution in [0.25, 0.3) is 0 Å². The van der Waals surface area contributed by atoms with E-state index >= 15 is 0 Å². The van der Waals surface area contributed by atoms with Gasteiger partial charge in [0.2, 0.25) is 5.91 Å². The molecule has 0 aromatic carbocycles. The molecule has 6 nitrogen and oxygen atoms in total. The molecule has 0 unspecified atom stereocenters. The van der Waals surface area contributed by atoms with Crippen molar-refractivity contribution in [3.05, 3.63) is 42.2 Å². The minimum absolute atomic E-state index is 0.0491. The van der Waals surface area contributed by atoms with Crippen molar-refractivity contribution in [3.8, 4) is 0 Å². The van der Waals surface area contributed by atoms with Crippen LogP contribution in [0.15, 0.2) is 36.7 Å². The van der Waals surface area contributed by atoms with Crippen LogP contribution in [-0.4, -0.2) is 21.1 Å². The fraction of sp³-hybridized carbons (Fsp3) is 0.333. The van der Waals surface area contributed by atoms with E-state index in [1.807, 2.05) is 18.2 Å². The Kier molecular flexibility index (Phi) is 4.04. The standard InChI is InChI=1S/C15H17N5O/c21-15(12-2-1-3-12)18-14-5-4-13(19-20-14)17-10-11-6-8-16-9-7-11/h4-9,12H,1-3,10H2,(H,17,19)(H,18,20,21). The lowest BCUT2D eigenvalue weighted by Gasteiger charge is -2.23. The monoisotopic (exact) mass is 283 g/mol. The SMILES string of the molecule is O=C(Nc1ccc(NCc2ccncc2)nn1)C1CCC1. The van der Waals surface area contributed by atoms with Gasteiger partial charge in [-0.1, -0.05) is 6.42 Å². The average molecular weight is 283 g/mol. The molecule has 0 spiro atoms. The van der Waals surface area contributed by atoms with Gasteiger partial charge in [0.25, 0.3) is 0 Å². The lowest BCUT2D eigenvalue weighted by Crippen LogP contribution is -2.28. The molecule has 1 aliphatic carbocycles. The maximum Gasteiger partial charge on any atom is 0.228 e. The van der Waals surface area contributed by atoms with Crippen molar-refractivity contribution in [1.82, 2.24) is 15.2 Å². The van der Waals surface area contributed by atoms with Crippen molar-refractivity contribution < 1.29 is 4.79 Å². The fourth-order valence-electron chi connectivity index (χ4n) is 2.09. The topological polar surface area (TPSA) is 79.8 Å². The number of rotatable bonds is 5. The van der Waals surface area contributed by atoms with Crippen LogP contribution in [0.1, 0.15) is 24.8 Å². The number of hydrogen-bond donors (Lipinski definition) is 2. The Balaban J connectivity index is 1.52. The van der Waals surface area contributed by atoms with Crippen LogP contribution in [-0.2, 0) is 11.3 Å². The Bertz CT molecular complexity index is 595. The molecule has 0 atom stereocenters. The van der Waals surface area contributed by atoms with Gasteiger partial charge >= 0.3 is 0 Å². The zero-order valence-electron chi connectivity index (χ0n) is 11.6. The molecule has 0 aliphatic heterocycles. The highest BCUT2D eigenvalue weighted by Gasteiger charge is 2.25. The van der Waals surface area contributed by atoms with Gasteiger partial charge in [0, 0.05) is 24.9 Å². The first-order valence-electron chi connectivity index (χ1n) is 7.08. The fourth-order valence-corrected chi connectivity index (χ4v) is 2.09. The summed E-state index contributed by atoms with van der Waals surface area (Å²) in [6.07, 6.45) is 6.60. The van der Waals surface area contributed by atoms with Gasteiger partial charge in [0.15, 0.2) is 5.82 Å². The minimum Gasteiger partial charge on any atom is -0.365 e. The van der Waals surface area contributed by atoms with Crippen molar-refractivity contribution in [2.75, 3.05) is 10.6 Å². The predicted octanol–water partition coefficient (Wildman–Crippen LogP) is 2.22. The third kappa shape index (κ3) is 3.53. The van der Waals surface area contributed by atoms with Crippen LogP contribution in [0.4, 0.5) is 11.6 Å². The van der Waals surface area contributed by atoms with Crippen LogP contribution in [0, 0.1) is 5.92 Å². The Labute approximate surface area is 123 Å². The van der Waals surface area contributed by atoms with E-state index < -0.39 is 0 Å². The number of aromatic nitrogens is 3. The van der Waals surface area contributed by atoms with Crippen LogP contribution in [0.2, 0.25) is 0 Å². The molecule has 1 fully saturated rings. The first kappa shape index (κ1) is 13.5. The third-order valence-corrected chi connectivity index (χ3v) is 3.61. The normalized spacial score (nSPS) is 14.3. The summed E-state index contributed by atoms with van der Waals surface area (Å²) in [7, 11) is 0. The molecule has 2 aromatic rings. The van der Waals surface area contributed by atoms with Gasteiger partial charge in [-0.2, -0.15) is 0 Å². The number of pyridine rings is 1. The lowest BCUT2D eigenvalue weighted by molar-refractivity contribution is -0.122. The van der Waals surface area contributed by atoms with Gasteiger partial charge in [-0.3, -0.25) is 9.78 Å². The van der Waals surface area contributed by atoms with Crippen molar-refractivity contribution in [1.29, 1.82) is 0 Å². The van der Waals surface area contributed by atoms with Crippen molar-refractivity contribution in [2.24, 2.45) is 5.92 Å². The molecule has 0 saturated heterocycles. The summed E-state index contributed by atoms with van der Waals surface area (Å²) in [4.78, 5) is 15.8. The summed E-state index contributed by atoms with van der Waals surface area (Å²) < 4.78 is 0. The smallest absolute Gasteiger partial charge is 0.228 e. The van der Waals surface area contributed by atoms with Crippen molar-refractivity contribution >= 4 is 17.5 Å². The molecule has 0 radical (unpaired) electrons. The van der Waals surface area contributed by atoms with Crippen LogP contribution < -0.4 is 10.6 Å². The molecule has 3 rings (SSSR count). The summed E-state index contributed by atoms with van der Waals surface area (Å²) in [5, 5.41) is 14.0. The highest BCUT2D eigenvalue weighted by Crippen LogP contribution is 2.27. The van der Waals surface area contributed by atoms with Crippen molar-refractivity contribution in [2.45, 2.75) is 25.8 Å². The second-order valence-corrected chi connectivity index (χ2v) is 5.13. The highest BCUT2D eigenvalue weighted by molar-refractivity contribution is 5.92. The molecule has 108 valence electrons. The zero-order chi connectivity index (χ0) is 14.5. The van der Waals surface area contributed by atoms with E-state index in [9.17, 15) is 4.79 Å². The van der Waals surface area contributed by atoms with E-state index in [1.54, 1.807) is 18.5 Å². The number of anilines is 2. The molecule has 2 aromatic heterocycles. The number of nitrogens with one attached hydrogen (secondary N) is 2. The minimum atomic E-state index is 0.0491. The molecule has 0 bridgehead atoms. The van der Waals surface area contributed by atoms with E-state index in [2.05, 4.69) is 25.8 Å². The number of nitrogens with zero attached hydrogens (tertiary/aromatic N) is 3. The second kappa shape index (κ2) is 6.30. The molecular formula is C15H17N5O. The zero-order valence-corrected chi connectivity index (χ0v) is 11.6. The quantitative estimate of drug-likeness (QED) is 0.879. The van der Waals surface area contributed by atoms with Gasteiger partial charge < -0.3 is 10.6 Å². The second-order valence-electron chi connectivity index (χ2n) is 5.13. The molecule has 21 heavy (non-hydrogen) atoms. The summed E-state index contributed by atoms with van der Waals surface area (Å²) in [6, 6.07) is 7.45. The predicted molar refractivity (Wildman–Crippen MR) is 79.6 cm³/mol. The largest absolute Gasteiger partial charge is 0.365 e. The third-order valence-electron chi connectivity index (χ3n) is 3.61. The number of carbonyl (C=O) groups is 1. The number of amides is 1. The van der Waals surface area contributed by atoms with Crippen LogP contribution >= 0.6 is 0 Å². The van der Waals surface area contributed by atoms with E-state index in [4.69, 9.17) is 0 Å². The first-order valence-corrected chi connectivity index (χ1v) is 7.08. The Morgan fingerprint density at radius 3 is 2.43 bits per heavy atom. The van der Waals surface area contributed by atoms with E-state index in [-0.39, 0.29) is 11.8 Å². The molecule has 1 saturated carbocycles. The van der Waals surface area contributed by atoms with Gasteiger partial charge in [-0.25, -0.2) is 0 Å². The Morgan fingerprint density at radius 1 is 1.10 bits per heavy atom. The highest BCUT2D eigenvalue weighted by atomic mass is 16.2. The summed E-state index contributed by atoms with van der Waals surface area (Å²) >= 11 is 0. The van der Waals surface area contributed by atoms with Gasteiger partial charge in [-0.15, -0.1) is 10.2 Å². The molecule has 2 heterocycles. The van der Waals surface area contributed by atoms with Gasteiger partial charge in [-0.05, 0) is 42.7 Å². The maximum atomic E-state index is 11.8. The molecule has 6 heteroatoms. The van der Waals surface area contributed by atoms with Crippen LogP contribution in [0.3, 0.4) is 0 Å². The van der Waals surface area contributed by atoms with Gasteiger partial charge in [0.05, 0.1) is 0 Å². The van der Waals surface area contributed by atoms with E-state index in [0.29, 0.717) is 18.2 Å². The van der Waals surface area contributed by atoms with E-state index in [0.717, 1.165) is 24.8 Å². The van der Waals surface area contributed by atoms with Gasteiger partial charge in [0.1, 0.15) is 5.82 Å². The summed E-state index contributed by atoms with van der Waals surface area (Å²) in [5.74, 6) is 1.37. The molecule has 1 amide bonds. The maximum absolute atomic E-state index is 11.8. The van der Waals surface area contributed by atoms with Crippen molar-refractivity contribution in [3.63, 3.8) is 0 Å². The van der Waals surface area contributed by atoms with E-state index in [1.165, 1.54) is 0 Å². The summed E-state index contributed by atoms with van der Waals surface area (Å²) in [5.41, 5.74) is 1.12.